The van der Waals surface area contributed by atoms with Gasteiger partial charge in [-0.3, -0.25) is 0 Å². The van der Waals surface area contributed by atoms with Gasteiger partial charge in [0.2, 0.25) is 0 Å². The number of benzene rings is 3. The fourth-order valence-electron chi connectivity index (χ4n) is 5.51. The molecule has 1 N–H and O–H groups in total. The lowest BCUT2D eigenvalue weighted by Crippen LogP contribution is -2.44. The van der Waals surface area contributed by atoms with Crippen LogP contribution in [0.3, 0.4) is 0 Å². The van der Waals surface area contributed by atoms with E-state index in [4.69, 9.17) is 0 Å². The number of halogens is 1. The Labute approximate surface area is 202 Å². The second-order valence-corrected chi connectivity index (χ2v) is 9.69. The van der Waals surface area contributed by atoms with Crippen molar-refractivity contribution in [2.75, 3.05) is 29.9 Å². The third-order valence-corrected chi connectivity index (χ3v) is 7.37. The second-order valence-electron chi connectivity index (χ2n) is 9.69. The molecule has 3 aromatic carbocycles. The minimum Gasteiger partial charge on any atom is -0.340 e. The summed E-state index contributed by atoms with van der Waals surface area (Å²) in [4.78, 5) is 5.00. The molecule has 2 aliphatic heterocycles. The van der Waals surface area contributed by atoms with Crippen molar-refractivity contribution < 1.29 is 4.39 Å². The van der Waals surface area contributed by atoms with Crippen LogP contribution in [0.5, 0.6) is 0 Å². The van der Waals surface area contributed by atoms with Crippen LogP contribution in [-0.2, 0) is 0 Å². The van der Waals surface area contributed by atoms with Crippen molar-refractivity contribution in [1.29, 1.82) is 0 Å². The molecule has 1 fully saturated rings. The van der Waals surface area contributed by atoms with Gasteiger partial charge in [-0.2, -0.15) is 0 Å². The first-order valence-corrected chi connectivity index (χ1v) is 12.5. The number of rotatable bonds is 7. The molecule has 0 aromatic heterocycles. The normalized spacial score (nSPS) is 17.5. The van der Waals surface area contributed by atoms with E-state index in [-0.39, 0.29) is 5.82 Å². The van der Waals surface area contributed by atoms with Crippen LogP contribution in [0.15, 0.2) is 85.2 Å². The van der Waals surface area contributed by atoms with E-state index in [1.165, 1.54) is 22.4 Å². The van der Waals surface area contributed by atoms with Crippen molar-refractivity contribution in [3.8, 4) is 0 Å². The molecule has 3 nitrogen and oxygen atoms in total. The summed E-state index contributed by atoms with van der Waals surface area (Å²) in [7, 11) is 0. The van der Waals surface area contributed by atoms with Gasteiger partial charge in [0, 0.05) is 25.0 Å². The van der Waals surface area contributed by atoms with Gasteiger partial charge in [0.05, 0.1) is 11.4 Å². The zero-order chi connectivity index (χ0) is 23.5. The monoisotopic (exact) mass is 455 g/mol. The Bertz CT molecular complexity index is 1070. The molecule has 176 valence electrons. The summed E-state index contributed by atoms with van der Waals surface area (Å²) in [5.74, 6) is 1.13. The molecule has 1 atom stereocenters. The third-order valence-electron chi connectivity index (χ3n) is 7.37. The van der Waals surface area contributed by atoms with Crippen molar-refractivity contribution in [2.24, 2.45) is 0 Å². The summed E-state index contributed by atoms with van der Waals surface area (Å²) in [5, 5.41) is 3.44. The van der Waals surface area contributed by atoms with Gasteiger partial charge in [-0.25, -0.2) is 4.39 Å². The lowest BCUT2D eigenvalue weighted by atomic mass is 9.87. The lowest BCUT2D eigenvalue weighted by molar-refractivity contribution is 0.207. The van der Waals surface area contributed by atoms with E-state index in [0.717, 1.165) is 56.8 Å². The third kappa shape index (κ3) is 4.88. The Morgan fingerprint density at radius 1 is 0.941 bits per heavy atom. The summed E-state index contributed by atoms with van der Waals surface area (Å²) < 4.78 is 13.5. The molecule has 5 rings (SSSR count). The number of para-hydroxylation sites is 2. The van der Waals surface area contributed by atoms with Crippen LogP contribution in [0.4, 0.5) is 15.8 Å². The number of piperidine rings is 1. The highest BCUT2D eigenvalue weighted by Gasteiger charge is 2.31. The summed E-state index contributed by atoms with van der Waals surface area (Å²) >= 11 is 0. The molecule has 1 unspecified atom stereocenters. The second kappa shape index (κ2) is 10.0. The quantitative estimate of drug-likeness (QED) is 0.417. The predicted molar refractivity (Wildman–Crippen MR) is 140 cm³/mol. The predicted octanol–water partition coefficient (Wildman–Crippen LogP) is 6.91. The van der Waals surface area contributed by atoms with Crippen LogP contribution in [0.2, 0.25) is 0 Å². The standard InChI is InChI=1S/C30H34FN3/c1-22-9-11-24(12-10-22)28(25-13-15-26(31)16-14-25)6-5-19-33-20-17-27(18-21-33)34-23(2)32-29-7-3-4-8-30(29)34/h3-4,7-16,27-28,32H,2,5-6,17-21H2,1H3. The van der Waals surface area contributed by atoms with Gasteiger partial charge in [0.15, 0.2) is 0 Å². The molecule has 0 radical (unpaired) electrons. The minimum atomic E-state index is -0.173. The highest BCUT2D eigenvalue weighted by atomic mass is 19.1. The van der Waals surface area contributed by atoms with Crippen LogP contribution in [0.25, 0.3) is 0 Å². The van der Waals surface area contributed by atoms with E-state index in [1.807, 2.05) is 12.1 Å². The number of nitrogens with one attached hydrogen (secondary N) is 1. The molecule has 3 aromatic rings. The molecule has 0 spiro atoms. The maximum absolute atomic E-state index is 13.5. The first-order valence-electron chi connectivity index (χ1n) is 12.5. The van der Waals surface area contributed by atoms with Gasteiger partial charge in [0.1, 0.15) is 11.6 Å². The molecule has 2 heterocycles. The molecular weight excluding hydrogens is 421 g/mol. The van der Waals surface area contributed by atoms with E-state index in [1.54, 1.807) is 12.1 Å². The molecule has 1 saturated heterocycles. The molecule has 34 heavy (non-hydrogen) atoms. The number of aryl methyl sites for hydroxylation is 1. The van der Waals surface area contributed by atoms with E-state index in [9.17, 15) is 4.39 Å². The SMILES string of the molecule is C=C1Nc2ccccc2N1C1CCN(CCCC(c2ccc(C)cc2)c2ccc(F)cc2)CC1. The van der Waals surface area contributed by atoms with Gasteiger partial charge in [-0.05, 0) is 74.5 Å². The highest BCUT2D eigenvalue weighted by molar-refractivity contribution is 5.80. The smallest absolute Gasteiger partial charge is 0.123 e. The summed E-state index contributed by atoms with van der Waals surface area (Å²) in [6, 6.07) is 24.8. The fraction of sp³-hybridized carbons (Fsp3) is 0.333. The first-order chi connectivity index (χ1) is 16.6. The first kappa shape index (κ1) is 22.7. The maximum Gasteiger partial charge on any atom is 0.123 e. The van der Waals surface area contributed by atoms with E-state index in [2.05, 4.69) is 77.2 Å². The zero-order valence-corrected chi connectivity index (χ0v) is 20.0. The Hall–Kier alpha value is -3.11. The number of likely N-dealkylation sites (tertiary alicyclic amines) is 1. The molecule has 0 bridgehead atoms. The molecule has 4 heteroatoms. The summed E-state index contributed by atoms with van der Waals surface area (Å²) in [6.07, 6.45) is 4.49. The van der Waals surface area contributed by atoms with Crippen LogP contribution in [-0.4, -0.2) is 30.6 Å². The van der Waals surface area contributed by atoms with Crippen molar-refractivity contribution in [3.05, 3.63) is 108 Å². The van der Waals surface area contributed by atoms with E-state index >= 15 is 0 Å². The molecule has 2 aliphatic rings. The van der Waals surface area contributed by atoms with Crippen LogP contribution in [0, 0.1) is 12.7 Å². The van der Waals surface area contributed by atoms with Crippen LogP contribution in [0.1, 0.15) is 48.3 Å². The highest BCUT2D eigenvalue weighted by Crippen LogP contribution is 2.39. The van der Waals surface area contributed by atoms with Crippen molar-refractivity contribution >= 4 is 11.4 Å². The van der Waals surface area contributed by atoms with Gasteiger partial charge in [-0.1, -0.05) is 60.7 Å². The van der Waals surface area contributed by atoms with Crippen LogP contribution < -0.4 is 10.2 Å². The number of hydrogen-bond donors (Lipinski definition) is 1. The molecule has 0 aliphatic carbocycles. The van der Waals surface area contributed by atoms with Crippen molar-refractivity contribution in [1.82, 2.24) is 4.90 Å². The van der Waals surface area contributed by atoms with Gasteiger partial charge < -0.3 is 15.1 Å². The summed E-state index contributed by atoms with van der Waals surface area (Å²) in [6.45, 7) is 9.71. The summed E-state index contributed by atoms with van der Waals surface area (Å²) in [5.41, 5.74) is 6.20. The number of hydrogen-bond acceptors (Lipinski definition) is 3. The van der Waals surface area contributed by atoms with Crippen molar-refractivity contribution in [3.63, 3.8) is 0 Å². The Morgan fingerprint density at radius 2 is 1.59 bits per heavy atom. The Morgan fingerprint density at radius 3 is 2.29 bits per heavy atom. The van der Waals surface area contributed by atoms with E-state index in [0.29, 0.717) is 12.0 Å². The topological polar surface area (TPSA) is 18.5 Å². The van der Waals surface area contributed by atoms with Gasteiger partial charge in [-0.15, -0.1) is 0 Å². The zero-order valence-electron chi connectivity index (χ0n) is 20.0. The number of anilines is 2. The minimum absolute atomic E-state index is 0.173. The lowest BCUT2D eigenvalue weighted by Gasteiger charge is -2.38. The largest absolute Gasteiger partial charge is 0.340 e. The number of nitrogens with zero attached hydrogens (tertiary/aromatic N) is 2. The van der Waals surface area contributed by atoms with Crippen LogP contribution >= 0.6 is 0 Å². The maximum atomic E-state index is 13.5. The van der Waals surface area contributed by atoms with E-state index < -0.39 is 0 Å². The van der Waals surface area contributed by atoms with Gasteiger partial charge in [0.25, 0.3) is 0 Å². The Kier molecular flexibility index (Phi) is 6.68. The molecule has 0 amide bonds. The van der Waals surface area contributed by atoms with Gasteiger partial charge >= 0.3 is 0 Å². The fourth-order valence-corrected chi connectivity index (χ4v) is 5.51. The molecule has 0 saturated carbocycles. The average molecular weight is 456 g/mol. The van der Waals surface area contributed by atoms with Crippen molar-refractivity contribution in [2.45, 2.75) is 44.6 Å². The Balaban J connectivity index is 1.18. The average Bonchev–Trinajstić information content (AvgIpc) is 3.19. The number of fused-ring (bicyclic) bond motifs is 1. The molecular formula is C30H34FN3.